The first kappa shape index (κ1) is 21.5. The Hall–Kier alpha value is -1.54. The van der Waals surface area contributed by atoms with Gasteiger partial charge in [0.05, 0.1) is 19.4 Å². The van der Waals surface area contributed by atoms with Gasteiger partial charge in [0.2, 0.25) is 0 Å². The van der Waals surface area contributed by atoms with Crippen LogP contribution in [0.2, 0.25) is 0 Å². The predicted molar refractivity (Wildman–Crippen MR) is 114 cm³/mol. The summed E-state index contributed by atoms with van der Waals surface area (Å²) >= 11 is 0. The summed E-state index contributed by atoms with van der Waals surface area (Å²) in [5, 5.41) is 3.15. The molecular formula is C19H29IN4O. The molecule has 3 N–H and O–H groups in total. The van der Waals surface area contributed by atoms with E-state index in [-0.39, 0.29) is 24.0 Å². The van der Waals surface area contributed by atoms with Crippen LogP contribution in [0.25, 0.3) is 0 Å². The summed E-state index contributed by atoms with van der Waals surface area (Å²) in [5.41, 5.74) is 8.38. The van der Waals surface area contributed by atoms with Crippen LogP contribution in [0, 0.1) is 5.92 Å². The maximum Gasteiger partial charge on any atom is 0.188 e. The Morgan fingerprint density at radius 2 is 1.88 bits per heavy atom. The van der Waals surface area contributed by atoms with Crippen molar-refractivity contribution in [2.24, 2.45) is 16.6 Å². The van der Waals surface area contributed by atoms with Gasteiger partial charge in [-0.25, -0.2) is 4.99 Å². The van der Waals surface area contributed by atoms with Crippen molar-refractivity contribution in [1.29, 1.82) is 0 Å². The van der Waals surface area contributed by atoms with Gasteiger partial charge in [0.1, 0.15) is 5.76 Å². The summed E-state index contributed by atoms with van der Waals surface area (Å²) in [7, 11) is 2.08. The van der Waals surface area contributed by atoms with Gasteiger partial charge >= 0.3 is 0 Å². The van der Waals surface area contributed by atoms with Gasteiger partial charge in [0.15, 0.2) is 5.96 Å². The monoisotopic (exact) mass is 456 g/mol. The Balaban J connectivity index is 0.00000312. The molecule has 0 atom stereocenters. The summed E-state index contributed by atoms with van der Waals surface area (Å²) in [6.45, 7) is 7.33. The van der Waals surface area contributed by atoms with Crippen molar-refractivity contribution in [3.8, 4) is 0 Å². The Labute approximate surface area is 167 Å². The number of aliphatic imine (C=N–C) groups is 1. The van der Waals surface area contributed by atoms with Crippen molar-refractivity contribution in [3.63, 3.8) is 0 Å². The van der Waals surface area contributed by atoms with Crippen LogP contribution in [0.5, 0.6) is 0 Å². The first-order valence-electron chi connectivity index (χ1n) is 8.36. The number of benzene rings is 1. The predicted octanol–water partition coefficient (Wildman–Crippen LogP) is 3.59. The second-order valence-corrected chi connectivity index (χ2v) is 6.50. The van der Waals surface area contributed by atoms with Gasteiger partial charge in [-0.15, -0.1) is 24.0 Å². The lowest BCUT2D eigenvalue weighted by atomic mass is 10.1. The topological polar surface area (TPSA) is 66.8 Å². The third-order valence-corrected chi connectivity index (χ3v) is 3.68. The molecular weight excluding hydrogens is 427 g/mol. The van der Waals surface area contributed by atoms with E-state index in [0.29, 0.717) is 18.4 Å². The molecule has 5 nitrogen and oxygen atoms in total. The number of hydrogen-bond acceptors (Lipinski definition) is 3. The van der Waals surface area contributed by atoms with Crippen LogP contribution in [0.1, 0.15) is 30.7 Å². The van der Waals surface area contributed by atoms with Gasteiger partial charge in [-0.05, 0) is 36.2 Å². The zero-order chi connectivity index (χ0) is 17.4. The first-order chi connectivity index (χ1) is 11.5. The molecule has 6 heteroatoms. The smallest absolute Gasteiger partial charge is 0.188 e. The number of nitrogens with two attached hydrogens (primary N) is 1. The highest BCUT2D eigenvalue weighted by atomic mass is 127. The van der Waals surface area contributed by atoms with Crippen LogP contribution in [0.4, 0.5) is 0 Å². The molecule has 0 saturated heterocycles. The number of hydrogen-bond donors (Lipinski definition) is 2. The summed E-state index contributed by atoms with van der Waals surface area (Å²) < 4.78 is 5.41. The van der Waals surface area contributed by atoms with Crippen LogP contribution in [-0.4, -0.2) is 24.5 Å². The third kappa shape index (κ3) is 7.92. The molecule has 138 valence electrons. The molecule has 0 bridgehead atoms. The van der Waals surface area contributed by atoms with Crippen molar-refractivity contribution >= 4 is 29.9 Å². The van der Waals surface area contributed by atoms with Gasteiger partial charge in [0.25, 0.3) is 0 Å². The highest BCUT2D eigenvalue weighted by Gasteiger charge is 2.07. The summed E-state index contributed by atoms with van der Waals surface area (Å²) in [6, 6.07) is 12.3. The van der Waals surface area contributed by atoms with Crippen LogP contribution in [0.3, 0.4) is 0 Å². The Morgan fingerprint density at radius 3 is 2.52 bits per heavy atom. The van der Waals surface area contributed by atoms with E-state index in [1.807, 2.05) is 18.2 Å². The van der Waals surface area contributed by atoms with E-state index in [1.165, 1.54) is 11.1 Å². The van der Waals surface area contributed by atoms with Crippen molar-refractivity contribution in [2.75, 3.05) is 13.6 Å². The van der Waals surface area contributed by atoms with Crippen LogP contribution in [0.15, 0.2) is 52.1 Å². The molecule has 0 aliphatic rings. The van der Waals surface area contributed by atoms with Crippen molar-refractivity contribution < 1.29 is 4.42 Å². The van der Waals surface area contributed by atoms with Crippen molar-refractivity contribution in [1.82, 2.24) is 10.2 Å². The van der Waals surface area contributed by atoms with E-state index >= 15 is 0 Å². The van der Waals surface area contributed by atoms with Crippen molar-refractivity contribution in [2.45, 2.75) is 33.5 Å². The summed E-state index contributed by atoms with van der Waals surface area (Å²) in [4.78, 5) is 6.68. The van der Waals surface area contributed by atoms with Gasteiger partial charge in [-0.2, -0.15) is 0 Å². The van der Waals surface area contributed by atoms with E-state index in [2.05, 4.69) is 54.3 Å². The lowest BCUT2D eigenvalue weighted by molar-refractivity contribution is 0.287. The minimum atomic E-state index is 0. The van der Waals surface area contributed by atoms with Gasteiger partial charge < -0.3 is 15.5 Å². The molecule has 2 rings (SSSR count). The van der Waals surface area contributed by atoms with Crippen LogP contribution < -0.4 is 11.1 Å². The fourth-order valence-corrected chi connectivity index (χ4v) is 2.42. The fourth-order valence-electron chi connectivity index (χ4n) is 2.42. The Bertz CT molecular complexity index is 641. The molecule has 25 heavy (non-hydrogen) atoms. The third-order valence-electron chi connectivity index (χ3n) is 3.68. The molecule has 0 aliphatic heterocycles. The average Bonchev–Trinajstić information content (AvgIpc) is 3.04. The minimum absolute atomic E-state index is 0. The van der Waals surface area contributed by atoms with Crippen LogP contribution >= 0.6 is 24.0 Å². The Kier molecular flexibility index (Phi) is 9.59. The molecule has 0 amide bonds. The maximum absolute atomic E-state index is 5.93. The maximum atomic E-state index is 5.93. The second-order valence-electron chi connectivity index (χ2n) is 6.50. The molecule has 0 aliphatic carbocycles. The fraction of sp³-hybridized carbons (Fsp3) is 0.421. The standard InChI is InChI=1S/C19H28N4O.HI/c1-15(2)11-21-19(20)22-12-16-7-4-5-8-17(16)13-23(3)14-18-9-6-10-24-18;/h4-10,15H,11-14H2,1-3H3,(H3,20,21,22);1H. The average molecular weight is 456 g/mol. The molecule has 1 aromatic heterocycles. The quantitative estimate of drug-likeness (QED) is 0.362. The van der Waals surface area contributed by atoms with Crippen molar-refractivity contribution in [3.05, 3.63) is 59.5 Å². The number of guanidine groups is 1. The molecule has 0 fully saturated rings. The molecule has 0 radical (unpaired) electrons. The molecule has 1 aromatic carbocycles. The van der Waals surface area contributed by atoms with Gasteiger partial charge in [-0.1, -0.05) is 38.1 Å². The number of rotatable bonds is 8. The first-order valence-corrected chi connectivity index (χ1v) is 8.36. The number of halogens is 1. The summed E-state index contributed by atoms with van der Waals surface area (Å²) in [6.07, 6.45) is 1.71. The number of nitrogens with zero attached hydrogens (tertiary/aromatic N) is 2. The van der Waals surface area contributed by atoms with E-state index in [1.54, 1.807) is 6.26 Å². The second kappa shape index (κ2) is 11.1. The van der Waals surface area contributed by atoms with E-state index in [9.17, 15) is 0 Å². The zero-order valence-corrected chi connectivity index (χ0v) is 17.6. The largest absolute Gasteiger partial charge is 0.468 e. The SMILES string of the molecule is CC(C)CNC(N)=NCc1ccccc1CN(C)Cc1ccco1.I. The lowest BCUT2D eigenvalue weighted by Crippen LogP contribution is -2.34. The molecule has 0 unspecified atom stereocenters. The van der Waals surface area contributed by atoms with E-state index < -0.39 is 0 Å². The lowest BCUT2D eigenvalue weighted by Gasteiger charge is -2.17. The normalized spacial score (nSPS) is 11.6. The van der Waals surface area contributed by atoms with E-state index in [0.717, 1.165) is 25.4 Å². The molecule has 0 spiro atoms. The zero-order valence-electron chi connectivity index (χ0n) is 15.2. The highest BCUT2D eigenvalue weighted by Crippen LogP contribution is 2.14. The van der Waals surface area contributed by atoms with Gasteiger partial charge in [-0.3, -0.25) is 4.90 Å². The van der Waals surface area contributed by atoms with Gasteiger partial charge in [0, 0.05) is 13.1 Å². The van der Waals surface area contributed by atoms with E-state index in [4.69, 9.17) is 10.2 Å². The molecule has 0 saturated carbocycles. The summed E-state index contributed by atoms with van der Waals surface area (Å²) in [5.74, 6) is 2.01. The number of nitrogens with one attached hydrogen (secondary N) is 1. The minimum Gasteiger partial charge on any atom is -0.468 e. The highest BCUT2D eigenvalue weighted by molar-refractivity contribution is 14.0. The molecule has 1 heterocycles. The van der Waals surface area contributed by atoms with Crippen LogP contribution in [-0.2, 0) is 19.6 Å². The number of furan rings is 1. The Morgan fingerprint density at radius 1 is 1.16 bits per heavy atom. The molecule has 2 aromatic rings.